The molecule has 0 heterocycles. The molecule has 89 heavy (non-hydrogen) atoms. The number of aliphatic hydroxyl groups excluding tert-OH is 2. The van der Waals surface area contributed by atoms with Crippen LogP contribution >= 0.6 is 0 Å². The van der Waals surface area contributed by atoms with Gasteiger partial charge in [0.05, 0.1) is 25.4 Å². The fraction of sp³-hybridized carbons (Fsp3) is 0.904. The minimum Gasteiger partial charge on any atom is -0.466 e. The molecule has 0 fully saturated rings. The molecule has 0 aromatic rings. The van der Waals surface area contributed by atoms with Crippen LogP contribution < -0.4 is 5.32 Å². The molecular weight excluding hydrogens is 1090 g/mol. The number of ether oxygens (including phenoxy) is 1. The average molecular weight is 1250 g/mol. The van der Waals surface area contributed by atoms with E-state index in [2.05, 4.69) is 55.6 Å². The third-order valence-corrected chi connectivity index (χ3v) is 19.2. The lowest BCUT2D eigenvalue weighted by Gasteiger charge is -2.22. The molecule has 0 aliphatic carbocycles. The summed E-state index contributed by atoms with van der Waals surface area (Å²) in [6.07, 6.45) is 102. The number of rotatable bonds is 77. The Morgan fingerprint density at radius 2 is 0.562 bits per heavy atom. The number of hydrogen-bond donors (Lipinski definition) is 3. The van der Waals surface area contributed by atoms with Crippen LogP contribution in [0.25, 0.3) is 0 Å². The monoisotopic (exact) mass is 1250 g/mol. The van der Waals surface area contributed by atoms with E-state index in [9.17, 15) is 19.8 Å². The van der Waals surface area contributed by atoms with Crippen molar-refractivity contribution in [2.75, 3.05) is 13.2 Å². The van der Waals surface area contributed by atoms with Crippen LogP contribution in [-0.2, 0) is 14.3 Å². The van der Waals surface area contributed by atoms with E-state index >= 15 is 0 Å². The fourth-order valence-corrected chi connectivity index (χ4v) is 13.0. The summed E-state index contributed by atoms with van der Waals surface area (Å²) in [5.41, 5.74) is 0. The van der Waals surface area contributed by atoms with Crippen LogP contribution in [0.3, 0.4) is 0 Å². The highest BCUT2D eigenvalue weighted by atomic mass is 16.5. The number of nitrogens with one attached hydrogen (secondary N) is 1. The first-order chi connectivity index (χ1) is 44.0. The van der Waals surface area contributed by atoms with Crippen molar-refractivity contribution in [3.05, 3.63) is 36.5 Å². The Hall–Kier alpha value is -1.92. The van der Waals surface area contributed by atoms with Crippen molar-refractivity contribution in [2.45, 2.75) is 469 Å². The van der Waals surface area contributed by atoms with E-state index in [1.165, 1.54) is 372 Å². The van der Waals surface area contributed by atoms with E-state index in [4.69, 9.17) is 4.74 Å². The molecule has 6 heteroatoms. The third-order valence-electron chi connectivity index (χ3n) is 19.2. The molecule has 3 N–H and O–H groups in total. The lowest BCUT2D eigenvalue weighted by atomic mass is 10.0. The van der Waals surface area contributed by atoms with Crippen molar-refractivity contribution in [3.63, 3.8) is 0 Å². The van der Waals surface area contributed by atoms with E-state index in [1.807, 2.05) is 0 Å². The number of carbonyl (C=O) groups is 2. The van der Waals surface area contributed by atoms with Gasteiger partial charge in [0.15, 0.2) is 0 Å². The Balaban J connectivity index is 3.38. The quantitative estimate of drug-likeness (QED) is 0.0320. The molecule has 0 bridgehead atoms. The minimum atomic E-state index is -0.665. The van der Waals surface area contributed by atoms with Crippen LogP contribution in [0.15, 0.2) is 36.5 Å². The zero-order valence-electron chi connectivity index (χ0n) is 60.4. The highest BCUT2D eigenvalue weighted by Crippen LogP contribution is 2.20. The van der Waals surface area contributed by atoms with Gasteiger partial charge in [0.2, 0.25) is 5.91 Å². The molecule has 2 unspecified atom stereocenters. The third kappa shape index (κ3) is 75.0. The molecule has 526 valence electrons. The second kappa shape index (κ2) is 78.5. The van der Waals surface area contributed by atoms with Gasteiger partial charge in [-0.3, -0.25) is 9.59 Å². The number of carbonyl (C=O) groups excluding carboxylic acids is 2. The zero-order chi connectivity index (χ0) is 64.2. The summed E-state index contributed by atoms with van der Waals surface area (Å²) in [6.45, 7) is 4.99. The number of esters is 1. The van der Waals surface area contributed by atoms with E-state index in [-0.39, 0.29) is 18.5 Å². The minimum absolute atomic E-state index is 0.00707. The zero-order valence-corrected chi connectivity index (χ0v) is 60.4. The summed E-state index contributed by atoms with van der Waals surface area (Å²) in [4.78, 5) is 24.7. The molecule has 0 saturated carbocycles. The normalized spacial score (nSPS) is 12.6. The number of aliphatic hydroxyl groups is 2. The summed E-state index contributed by atoms with van der Waals surface area (Å²) in [7, 11) is 0. The SMILES string of the molecule is CCCCCCCC/C=C\CCCCCCCC(=O)OCCCCCCCCCCC/C=C\C/C=C\CCCCCCCCCCCCCCCCCCCC(=O)NC(CO)C(O)CCCCCCCCCCCCCCCCCCCCCCCCCC. The van der Waals surface area contributed by atoms with Gasteiger partial charge in [-0.1, -0.05) is 397 Å². The van der Waals surface area contributed by atoms with Gasteiger partial charge in [0.25, 0.3) is 0 Å². The smallest absolute Gasteiger partial charge is 0.305 e. The molecule has 0 aromatic heterocycles. The van der Waals surface area contributed by atoms with Crippen molar-refractivity contribution in [3.8, 4) is 0 Å². The first-order valence-corrected chi connectivity index (χ1v) is 40.7. The number of unbranched alkanes of at least 4 members (excludes halogenated alkanes) is 60. The topological polar surface area (TPSA) is 95.9 Å². The second-order valence-corrected chi connectivity index (χ2v) is 28.1. The average Bonchev–Trinajstić information content (AvgIpc) is 3.63. The number of allylic oxidation sites excluding steroid dienone is 6. The molecule has 0 aliphatic heterocycles. The molecule has 2 atom stereocenters. The van der Waals surface area contributed by atoms with Crippen molar-refractivity contribution in [2.24, 2.45) is 0 Å². The summed E-state index contributed by atoms with van der Waals surface area (Å²) in [6, 6.07) is -0.542. The van der Waals surface area contributed by atoms with Gasteiger partial charge in [0, 0.05) is 12.8 Å². The Morgan fingerprint density at radius 3 is 0.865 bits per heavy atom. The Labute approximate surface area is 557 Å². The Bertz CT molecular complexity index is 1440. The summed E-state index contributed by atoms with van der Waals surface area (Å²) in [5, 5.41) is 23.5. The predicted molar refractivity (Wildman–Crippen MR) is 393 cm³/mol. The van der Waals surface area contributed by atoms with Crippen LogP contribution in [0.4, 0.5) is 0 Å². The summed E-state index contributed by atoms with van der Waals surface area (Å²) in [5.74, 6) is -0.0205. The standard InChI is InChI=1S/C83H159NO5/c1-3-5-7-9-11-13-15-17-19-20-21-22-23-35-38-41-44-48-51-55-59-63-67-71-75-81(86)80(79-85)84-82(87)76-72-68-64-60-56-52-49-45-42-39-36-33-31-29-27-25-24-26-28-30-32-34-37-40-43-46-50-54-58-62-66-70-74-78-89-83(88)77-73-69-65-61-57-53-47-18-16-14-12-10-8-6-4-2/h18,28,30,34,37,47,80-81,85-86H,3-17,19-27,29,31-33,35-36,38-46,48-79H2,1-2H3,(H,84,87)/b30-28-,37-34-,47-18-. The summed E-state index contributed by atoms with van der Waals surface area (Å²) < 4.78 is 5.49. The predicted octanol–water partition coefficient (Wildman–Crippen LogP) is 27.0. The number of hydrogen-bond acceptors (Lipinski definition) is 5. The second-order valence-electron chi connectivity index (χ2n) is 28.1. The Kier molecular flexibility index (Phi) is 76.8. The molecule has 0 rings (SSSR count). The number of amides is 1. The highest BCUT2D eigenvalue weighted by Gasteiger charge is 2.20. The van der Waals surface area contributed by atoms with Crippen molar-refractivity contribution in [1.29, 1.82) is 0 Å². The molecular formula is C83H159NO5. The maximum atomic E-state index is 12.6. The van der Waals surface area contributed by atoms with Crippen LogP contribution in [0.5, 0.6) is 0 Å². The van der Waals surface area contributed by atoms with Gasteiger partial charge in [-0.05, 0) is 83.5 Å². The van der Waals surface area contributed by atoms with Crippen molar-refractivity contribution < 1.29 is 24.5 Å². The van der Waals surface area contributed by atoms with Gasteiger partial charge >= 0.3 is 5.97 Å². The lowest BCUT2D eigenvalue weighted by molar-refractivity contribution is -0.143. The van der Waals surface area contributed by atoms with Crippen LogP contribution in [0.2, 0.25) is 0 Å². The first-order valence-electron chi connectivity index (χ1n) is 40.7. The molecule has 0 aliphatic rings. The molecule has 0 radical (unpaired) electrons. The largest absolute Gasteiger partial charge is 0.466 e. The maximum absolute atomic E-state index is 12.6. The van der Waals surface area contributed by atoms with Crippen LogP contribution in [0.1, 0.15) is 457 Å². The van der Waals surface area contributed by atoms with Crippen LogP contribution in [0, 0.1) is 0 Å². The van der Waals surface area contributed by atoms with Gasteiger partial charge in [-0.25, -0.2) is 0 Å². The van der Waals surface area contributed by atoms with E-state index < -0.39 is 12.1 Å². The first kappa shape index (κ1) is 87.1. The molecule has 1 amide bonds. The van der Waals surface area contributed by atoms with Gasteiger partial charge in [0.1, 0.15) is 0 Å². The van der Waals surface area contributed by atoms with Gasteiger partial charge in [-0.15, -0.1) is 0 Å². The van der Waals surface area contributed by atoms with E-state index in [0.717, 1.165) is 51.4 Å². The maximum Gasteiger partial charge on any atom is 0.305 e. The Morgan fingerprint density at radius 1 is 0.315 bits per heavy atom. The van der Waals surface area contributed by atoms with E-state index in [0.29, 0.717) is 25.9 Å². The highest BCUT2D eigenvalue weighted by molar-refractivity contribution is 5.76. The van der Waals surface area contributed by atoms with Gasteiger partial charge in [-0.2, -0.15) is 0 Å². The summed E-state index contributed by atoms with van der Waals surface area (Å²) >= 11 is 0. The van der Waals surface area contributed by atoms with Gasteiger partial charge < -0.3 is 20.3 Å². The fourth-order valence-electron chi connectivity index (χ4n) is 13.0. The lowest BCUT2D eigenvalue weighted by Crippen LogP contribution is -2.45. The molecule has 6 nitrogen and oxygen atoms in total. The van der Waals surface area contributed by atoms with Crippen molar-refractivity contribution in [1.82, 2.24) is 5.32 Å². The molecule has 0 spiro atoms. The van der Waals surface area contributed by atoms with Crippen LogP contribution in [-0.4, -0.2) is 47.4 Å². The van der Waals surface area contributed by atoms with E-state index in [1.54, 1.807) is 0 Å². The molecule has 0 saturated heterocycles. The van der Waals surface area contributed by atoms with Crippen molar-refractivity contribution >= 4 is 11.9 Å². The molecule has 0 aromatic carbocycles.